The van der Waals surface area contributed by atoms with E-state index in [9.17, 15) is 14.9 Å². The number of anilines is 1. The van der Waals surface area contributed by atoms with E-state index in [0.29, 0.717) is 27.9 Å². The fraction of sp³-hybridized carbons (Fsp3) is 0.455. The average Bonchev–Trinajstić information content (AvgIpc) is 3.34. The van der Waals surface area contributed by atoms with Crippen LogP contribution in [0.5, 0.6) is 0 Å². The van der Waals surface area contributed by atoms with Crippen LogP contribution in [-0.2, 0) is 11.3 Å². The third-order valence-electron chi connectivity index (χ3n) is 5.45. The van der Waals surface area contributed by atoms with Gasteiger partial charge < -0.3 is 4.90 Å². The zero-order chi connectivity index (χ0) is 21.8. The lowest BCUT2D eigenvalue weighted by molar-refractivity contribution is -0.121. The van der Waals surface area contributed by atoms with Gasteiger partial charge in [-0.15, -0.1) is 6.58 Å². The maximum atomic E-state index is 13.1. The van der Waals surface area contributed by atoms with Crippen LogP contribution in [0.1, 0.15) is 49.3 Å². The van der Waals surface area contributed by atoms with Crippen molar-refractivity contribution in [1.82, 2.24) is 9.47 Å². The van der Waals surface area contributed by atoms with E-state index in [-0.39, 0.29) is 17.0 Å². The molecular formula is C22H26N4O2S2. The molecule has 158 valence electrons. The summed E-state index contributed by atoms with van der Waals surface area (Å²) in [5, 5.41) is 9.69. The number of unbranched alkanes of at least 4 members (excludes halogenated alkanes) is 1. The van der Waals surface area contributed by atoms with Crippen molar-refractivity contribution in [3.8, 4) is 6.07 Å². The van der Waals surface area contributed by atoms with E-state index in [1.54, 1.807) is 17.6 Å². The van der Waals surface area contributed by atoms with E-state index in [2.05, 4.69) is 24.5 Å². The molecule has 0 atom stereocenters. The number of nitriles is 1. The van der Waals surface area contributed by atoms with Gasteiger partial charge in [-0.25, -0.2) is 0 Å². The zero-order valence-electron chi connectivity index (χ0n) is 17.4. The molecule has 0 aliphatic carbocycles. The van der Waals surface area contributed by atoms with Gasteiger partial charge in [-0.3, -0.25) is 19.1 Å². The SMILES string of the molecule is C=CCN1C(=O)/C(=C\c2c(C)c(C#N)c(=O)n(CCCC)c2N2CCCC2)SC1=S. The molecule has 2 aliphatic rings. The Balaban J connectivity index is 2.23. The minimum atomic E-state index is -0.248. The van der Waals surface area contributed by atoms with Crippen LogP contribution in [0.4, 0.5) is 5.82 Å². The van der Waals surface area contributed by atoms with Crippen molar-refractivity contribution in [3.63, 3.8) is 0 Å². The molecule has 0 N–H and O–H groups in total. The molecular weight excluding hydrogens is 416 g/mol. The molecule has 8 heteroatoms. The van der Waals surface area contributed by atoms with Gasteiger partial charge in [0, 0.05) is 31.7 Å². The first kappa shape index (κ1) is 22.3. The van der Waals surface area contributed by atoms with Crippen molar-refractivity contribution in [3.05, 3.63) is 44.6 Å². The summed E-state index contributed by atoms with van der Waals surface area (Å²) in [6.07, 6.45) is 7.36. The van der Waals surface area contributed by atoms with E-state index in [1.807, 2.05) is 6.08 Å². The van der Waals surface area contributed by atoms with Gasteiger partial charge in [0.2, 0.25) is 0 Å². The quantitative estimate of drug-likeness (QED) is 0.363. The molecule has 3 rings (SSSR count). The van der Waals surface area contributed by atoms with Crippen LogP contribution in [0.15, 0.2) is 22.4 Å². The molecule has 0 radical (unpaired) electrons. The minimum Gasteiger partial charge on any atom is -0.357 e. The lowest BCUT2D eigenvalue weighted by Gasteiger charge is -2.27. The maximum Gasteiger partial charge on any atom is 0.270 e. The highest BCUT2D eigenvalue weighted by molar-refractivity contribution is 8.26. The molecule has 0 aromatic carbocycles. The van der Waals surface area contributed by atoms with Crippen molar-refractivity contribution in [2.45, 2.75) is 46.1 Å². The number of rotatable bonds is 7. The molecule has 6 nitrogen and oxygen atoms in total. The normalized spacial score (nSPS) is 17.8. The second-order valence-corrected chi connectivity index (χ2v) is 9.11. The number of carbonyl (C=O) groups is 1. The van der Waals surface area contributed by atoms with E-state index < -0.39 is 0 Å². The van der Waals surface area contributed by atoms with Crippen LogP contribution in [0, 0.1) is 18.3 Å². The Kier molecular flexibility index (Phi) is 7.16. The Morgan fingerprint density at radius 1 is 1.30 bits per heavy atom. The third kappa shape index (κ3) is 4.09. The monoisotopic (exact) mass is 442 g/mol. The Bertz CT molecular complexity index is 1010. The summed E-state index contributed by atoms with van der Waals surface area (Å²) in [5.41, 5.74) is 1.28. The first-order valence-electron chi connectivity index (χ1n) is 10.2. The summed E-state index contributed by atoms with van der Waals surface area (Å²) in [7, 11) is 0. The number of carbonyl (C=O) groups excluding carboxylic acids is 1. The molecule has 0 bridgehead atoms. The predicted octanol–water partition coefficient (Wildman–Crippen LogP) is 3.82. The molecule has 1 amide bonds. The number of hydrogen-bond donors (Lipinski definition) is 0. The average molecular weight is 443 g/mol. The van der Waals surface area contributed by atoms with Crippen LogP contribution in [-0.4, -0.2) is 39.3 Å². The van der Waals surface area contributed by atoms with Crippen LogP contribution >= 0.6 is 24.0 Å². The number of pyridine rings is 1. The van der Waals surface area contributed by atoms with Gasteiger partial charge in [-0.2, -0.15) is 5.26 Å². The number of thiocarbonyl (C=S) groups is 1. The summed E-state index contributed by atoms with van der Waals surface area (Å²) in [6, 6.07) is 2.09. The van der Waals surface area contributed by atoms with Gasteiger partial charge in [0.05, 0.1) is 4.91 Å². The van der Waals surface area contributed by atoms with Crippen molar-refractivity contribution in [1.29, 1.82) is 5.26 Å². The number of thioether (sulfide) groups is 1. The zero-order valence-corrected chi connectivity index (χ0v) is 19.1. The van der Waals surface area contributed by atoms with E-state index >= 15 is 0 Å². The summed E-state index contributed by atoms with van der Waals surface area (Å²) in [6.45, 7) is 10.2. The van der Waals surface area contributed by atoms with Crippen molar-refractivity contribution in [2.24, 2.45) is 0 Å². The lowest BCUT2D eigenvalue weighted by atomic mass is 10.0. The predicted molar refractivity (Wildman–Crippen MR) is 127 cm³/mol. The van der Waals surface area contributed by atoms with Crippen LogP contribution in [0.25, 0.3) is 6.08 Å². The Labute approximate surface area is 186 Å². The van der Waals surface area contributed by atoms with Crippen LogP contribution < -0.4 is 10.5 Å². The summed E-state index contributed by atoms with van der Waals surface area (Å²) >= 11 is 6.61. The largest absolute Gasteiger partial charge is 0.357 e. The van der Waals surface area contributed by atoms with Crippen LogP contribution in [0.3, 0.4) is 0 Å². The van der Waals surface area contributed by atoms with Crippen molar-refractivity contribution in [2.75, 3.05) is 24.5 Å². The highest BCUT2D eigenvalue weighted by Gasteiger charge is 2.32. The molecule has 2 fully saturated rings. The first-order valence-corrected chi connectivity index (χ1v) is 11.5. The fourth-order valence-electron chi connectivity index (χ4n) is 3.86. The van der Waals surface area contributed by atoms with Crippen molar-refractivity contribution >= 4 is 46.1 Å². The molecule has 0 saturated carbocycles. The molecule has 1 aromatic heterocycles. The van der Waals surface area contributed by atoms with Gasteiger partial charge in [0.15, 0.2) is 0 Å². The molecule has 3 heterocycles. The maximum absolute atomic E-state index is 13.1. The van der Waals surface area contributed by atoms with Gasteiger partial charge in [0.25, 0.3) is 11.5 Å². The van der Waals surface area contributed by atoms with Crippen molar-refractivity contribution < 1.29 is 4.79 Å². The summed E-state index contributed by atoms with van der Waals surface area (Å²) in [5.74, 6) is 0.651. The third-order valence-corrected chi connectivity index (χ3v) is 6.83. The Hall–Kier alpha value is -2.37. The smallest absolute Gasteiger partial charge is 0.270 e. The van der Waals surface area contributed by atoms with E-state index in [4.69, 9.17) is 12.2 Å². The standard InChI is InChI=1S/C22H26N4O2S2/c1-4-6-12-25-19(24-10-7-8-11-24)16(15(3)17(14-23)20(25)27)13-18-21(28)26(9-5-2)22(29)30-18/h5,13H,2,4,6-12H2,1,3H3/b18-13+. The van der Waals surface area contributed by atoms with E-state index in [1.165, 1.54) is 16.7 Å². The number of amides is 1. The number of aromatic nitrogens is 1. The summed E-state index contributed by atoms with van der Waals surface area (Å²) < 4.78 is 2.22. The molecule has 2 aliphatic heterocycles. The van der Waals surface area contributed by atoms with Gasteiger partial charge in [0.1, 0.15) is 21.8 Å². The highest BCUT2D eigenvalue weighted by Crippen LogP contribution is 2.36. The van der Waals surface area contributed by atoms with Gasteiger partial charge in [-0.1, -0.05) is 43.4 Å². The topological polar surface area (TPSA) is 69.3 Å². The summed E-state index contributed by atoms with van der Waals surface area (Å²) in [4.78, 5) is 30.2. The minimum absolute atomic E-state index is 0.141. The first-order chi connectivity index (χ1) is 14.4. The second-order valence-electron chi connectivity index (χ2n) is 7.43. The van der Waals surface area contributed by atoms with Crippen LogP contribution in [0.2, 0.25) is 0 Å². The molecule has 30 heavy (non-hydrogen) atoms. The molecule has 2 saturated heterocycles. The Morgan fingerprint density at radius 2 is 2.00 bits per heavy atom. The molecule has 1 aromatic rings. The Morgan fingerprint density at radius 3 is 2.60 bits per heavy atom. The lowest BCUT2D eigenvalue weighted by Crippen LogP contribution is -2.33. The van der Waals surface area contributed by atoms with E-state index in [0.717, 1.165) is 50.2 Å². The number of hydrogen-bond acceptors (Lipinski definition) is 6. The molecule has 0 unspecified atom stereocenters. The van der Waals surface area contributed by atoms with Gasteiger partial charge >= 0.3 is 0 Å². The number of nitrogens with zero attached hydrogens (tertiary/aromatic N) is 4. The highest BCUT2D eigenvalue weighted by atomic mass is 32.2. The molecule has 0 spiro atoms. The van der Waals surface area contributed by atoms with Gasteiger partial charge in [-0.05, 0) is 37.8 Å². The fourth-order valence-corrected chi connectivity index (χ4v) is 5.11. The second kappa shape index (κ2) is 9.63.